The first kappa shape index (κ1) is 12.6. The van der Waals surface area contributed by atoms with Crippen molar-refractivity contribution in [2.45, 2.75) is 12.2 Å². The number of halogens is 3. The monoisotopic (exact) mass is 252 g/mol. The Morgan fingerprint density at radius 1 is 1.06 bits per heavy atom. The number of benzene rings is 1. The highest BCUT2D eigenvalue weighted by molar-refractivity contribution is 5.67. The fraction of sp³-hybridized carbons (Fsp3) is 0.154. The molecule has 18 heavy (non-hydrogen) atoms. The fourth-order valence-corrected chi connectivity index (χ4v) is 1.73. The Bertz CT molecular complexity index is 523. The van der Waals surface area contributed by atoms with Crippen LogP contribution >= 0.6 is 0 Å². The predicted octanol–water partition coefficient (Wildman–Crippen LogP) is 3.31. The standard InChI is InChI=1S/C13H11F3N2/c14-13(15,16)12(17)11-6-2-1-5-10(11)9-4-3-7-18-8-9/h1-8,12H,17H2/t12-/m0/s1. The highest BCUT2D eigenvalue weighted by Gasteiger charge is 2.38. The number of pyridine rings is 1. The second-order valence-corrected chi connectivity index (χ2v) is 3.85. The zero-order valence-electron chi connectivity index (χ0n) is 9.35. The van der Waals surface area contributed by atoms with Crippen LogP contribution in [-0.2, 0) is 0 Å². The summed E-state index contributed by atoms with van der Waals surface area (Å²) in [6, 6.07) is 7.60. The van der Waals surface area contributed by atoms with Crippen LogP contribution in [0.25, 0.3) is 11.1 Å². The van der Waals surface area contributed by atoms with Crippen LogP contribution in [0.1, 0.15) is 11.6 Å². The Labute approximate surface area is 102 Å². The van der Waals surface area contributed by atoms with E-state index in [1.165, 1.54) is 12.3 Å². The van der Waals surface area contributed by atoms with E-state index < -0.39 is 12.2 Å². The van der Waals surface area contributed by atoms with Gasteiger partial charge in [-0.25, -0.2) is 0 Å². The summed E-state index contributed by atoms with van der Waals surface area (Å²) in [6.07, 6.45) is -1.38. The maximum atomic E-state index is 12.7. The maximum absolute atomic E-state index is 12.7. The minimum absolute atomic E-state index is 0.0537. The molecule has 0 fully saturated rings. The normalized spacial score (nSPS) is 13.3. The third kappa shape index (κ3) is 2.51. The SMILES string of the molecule is N[C@@H](c1ccccc1-c1cccnc1)C(F)(F)F. The summed E-state index contributed by atoms with van der Waals surface area (Å²) in [6.45, 7) is 0. The van der Waals surface area contributed by atoms with Crippen LogP contribution in [-0.4, -0.2) is 11.2 Å². The minimum atomic E-state index is -4.46. The van der Waals surface area contributed by atoms with Gasteiger partial charge >= 0.3 is 6.18 Å². The van der Waals surface area contributed by atoms with Gasteiger partial charge in [-0.3, -0.25) is 4.98 Å². The molecular formula is C13H11F3N2. The lowest BCUT2D eigenvalue weighted by Gasteiger charge is -2.19. The van der Waals surface area contributed by atoms with E-state index in [0.29, 0.717) is 11.1 Å². The van der Waals surface area contributed by atoms with Crippen LogP contribution in [0.5, 0.6) is 0 Å². The lowest BCUT2D eigenvalue weighted by Crippen LogP contribution is -2.28. The van der Waals surface area contributed by atoms with Crippen molar-refractivity contribution in [1.82, 2.24) is 4.98 Å². The van der Waals surface area contributed by atoms with Crippen LogP contribution in [0, 0.1) is 0 Å². The quantitative estimate of drug-likeness (QED) is 0.890. The molecule has 94 valence electrons. The molecule has 2 aromatic rings. The topological polar surface area (TPSA) is 38.9 Å². The molecule has 2 nitrogen and oxygen atoms in total. The molecule has 0 radical (unpaired) electrons. The largest absolute Gasteiger partial charge is 0.407 e. The molecule has 2 N–H and O–H groups in total. The molecule has 0 amide bonds. The number of nitrogens with zero attached hydrogens (tertiary/aromatic N) is 1. The molecule has 0 spiro atoms. The molecule has 1 aromatic heterocycles. The summed E-state index contributed by atoms with van der Waals surface area (Å²) in [7, 11) is 0. The summed E-state index contributed by atoms with van der Waals surface area (Å²) in [5.41, 5.74) is 6.39. The zero-order valence-corrected chi connectivity index (χ0v) is 9.35. The first-order valence-corrected chi connectivity index (χ1v) is 5.32. The molecule has 0 saturated heterocycles. The van der Waals surface area contributed by atoms with Crippen molar-refractivity contribution in [3.8, 4) is 11.1 Å². The Balaban J connectivity index is 2.51. The van der Waals surface area contributed by atoms with Gasteiger partial charge in [0.25, 0.3) is 0 Å². The summed E-state index contributed by atoms with van der Waals surface area (Å²) >= 11 is 0. The van der Waals surface area contributed by atoms with Crippen LogP contribution in [0.4, 0.5) is 13.2 Å². The molecular weight excluding hydrogens is 241 g/mol. The van der Waals surface area contributed by atoms with Gasteiger partial charge in [0.05, 0.1) is 0 Å². The summed E-state index contributed by atoms with van der Waals surface area (Å²) < 4.78 is 38.1. The molecule has 5 heteroatoms. The maximum Gasteiger partial charge on any atom is 0.407 e. The number of alkyl halides is 3. The van der Waals surface area contributed by atoms with Gasteiger partial charge < -0.3 is 5.73 Å². The van der Waals surface area contributed by atoms with Gasteiger partial charge in [0.2, 0.25) is 0 Å². The molecule has 0 aliphatic rings. The smallest absolute Gasteiger partial charge is 0.316 e. The van der Waals surface area contributed by atoms with E-state index in [0.717, 1.165) is 0 Å². The first-order chi connectivity index (χ1) is 8.50. The van der Waals surface area contributed by atoms with Gasteiger partial charge in [0.15, 0.2) is 0 Å². The van der Waals surface area contributed by atoms with Gasteiger partial charge in [0.1, 0.15) is 6.04 Å². The van der Waals surface area contributed by atoms with Crippen molar-refractivity contribution >= 4 is 0 Å². The molecule has 0 saturated carbocycles. The van der Waals surface area contributed by atoms with Gasteiger partial charge in [0, 0.05) is 18.0 Å². The average Bonchev–Trinajstić information content (AvgIpc) is 2.38. The molecule has 0 bridgehead atoms. The Hall–Kier alpha value is -1.88. The van der Waals surface area contributed by atoms with Crippen molar-refractivity contribution < 1.29 is 13.2 Å². The van der Waals surface area contributed by atoms with E-state index in [1.54, 1.807) is 36.5 Å². The Morgan fingerprint density at radius 3 is 2.39 bits per heavy atom. The van der Waals surface area contributed by atoms with Gasteiger partial charge in [-0.1, -0.05) is 30.3 Å². The summed E-state index contributed by atoms with van der Waals surface area (Å²) in [5, 5.41) is 0. The van der Waals surface area contributed by atoms with E-state index >= 15 is 0 Å². The minimum Gasteiger partial charge on any atom is -0.316 e. The van der Waals surface area contributed by atoms with Gasteiger partial charge in [-0.05, 0) is 17.2 Å². The molecule has 1 heterocycles. The van der Waals surface area contributed by atoms with Crippen molar-refractivity contribution in [2.24, 2.45) is 5.73 Å². The van der Waals surface area contributed by atoms with Gasteiger partial charge in [-0.2, -0.15) is 13.2 Å². The highest BCUT2D eigenvalue weighted by Crippen LogP contribution is 2.35. The van der Waals surface area contributed by atoms with E-state index in [-0.39, 0.29) is 5.56 Å². The first-order valence-electron chi connectivity index (χ1n) is 5.32. The van der Waals surface area contributed by atoms with E-state index in [1.807, 2.05) is 0 Å². The number of aromatic nitrogens is 1. The van der Waals surface area contributed by atoms with E-state index in [9.17, 15) is 13.2 Å². The average molecular weight is 252 g/mol. The lowest BCUT2D eigenvalue weighted by atomic mass is 9.96. The van der Waals surface area contributed by atoms with Crippen LogP contribution < -0.4 is 5.73 Å². The van der Waals surface area contributed by atoms with Crippen molar-refractivity contribution in [3.63, 3.8) is 0 Å². The van der Waals surface area contributed by atoms with E-state index in [4.69, 9.17) is 5.73 Å². The molecule has 2 rings (SSSR count). The molecule has 1 atom stereocenters. The fourth-order valence-electron chi connectivity index (χ4n) is 1.73. The molecule has 0 unspecified atom stereocenters. The van der Waals surface area contributed by atoms with E-state index in [2.05, 4.69) is 4.98 Å². The highest BCUT2D eigenvalue weighted by atomic mass is 19.4. The van der Waals surface area contributed by atoms with Crippen molar-refractivity contribution in [1.29, 1.82) is 0 Å². The predicted molar refractivity (Wildman–Crippen MR) is 62.7 cm³/mol. The second-order valence-electron chi connectivity index (χ2n) is 3.85. The van der Waals surface area contributed by atoms with Crippen molar-refractivity contribution in [2.75, 3.05) is 0 Å². The van der Waals surface area contributed by atoms with Crippen LogP contribution in [0.2, 0.25) is 0 Å². The number of hydrogen-bond donors (Lipinski definition) is 1. The molecule has 0 aliphatic heterocycles. The second kappa shape index (κ2) is 4.78. The molecule has 0 aliphatic carbocycles. The number of nitrogens with two attached hydrogens (primary N) is 1. The number of hydrogen-bond acceptors (Lipinski definition) is 2. The zero-order chi connectivity index (χ0) is 13.2. The lowest BCUT2D eigenvalue weighted by molar-refractivity contribution is -0.149. The summed E-state index contributed by atoms with van der Waals surface area (Å²) in [4.78, 5) is 3.90. The van der Waals surface area contributed by atoms with Crippen LogP contribution in [0.3, 0.4) is 0 Å². The Kier molecular flexibility index (Phi) is 3.34. The summed E-state index contributed by atoms with van der Waals surface area (Å²) in [5.74, 6) is 0. The van der Waals surface area contributed by atoms with Crippen molar-refractivity contribution in [3.05, 3.63) is 54.4 Å². The third-order valence-corrected chi connectivity index (χ3v) is 2.62. The van der Waals surface area contributed by atoms with Gasteiger partial charge in [-0.15, -0.1) is 0 Å². The Morgan fingerprint density at radius 2 is 1.78 bits per heavy atom. The number of rotatable bonds is 2. The third-order valence-electron chi connectivity index (χ3n) is 2.62. The molecule has 1 aromatic carbocycles. The van der Waals surface area contributed by atoms with Crippen LogP contribution in [0.15, 0.2) is 48.8 Å².